The lowest BCUT2D eigenvalue weighted by molar-refractivity contribution is 0.128. The van der Waals surface area contributed by atoms with Crippen LogP contribution in [-0.2, 0) is 4.74 Å². The average molecular weight is 401 g/mol. The van der Waals surface area contributed by atoms with Crippen molar-refractivity contribution in [3.05, 3.63) is 0 Å². The lowest BCUT2D eigenvalue weighted by Gasteiger charge is -2.18. The number of guanidine groups is 1. The second-order valence-corrected chi connectivity index (χ2v) is 5.78. The number of halogens is 1. The molecule has 0 bridgehead atoms. The molecule has 0 heterocycles. The van der Waals surface area contributed by atoms with Gasteiger partial charge in [-0.3, -0.25) is 4.99 Å². The van der Waals surface area contributed by atoms with Crippen LogP contribution >= 0.6 is 35.7 Å². The number of thioether (sulfide) groups is 1. The van der Waals surface area contributed by atoms with Crippen LogP contribution in [0.2, 0.25) is 0 Å². The van der Waals surface area contributed by atoms with Gasteiger partial charge in [0, 0.05) is 39.1 Å². The van der Waals surface area contributed by atoms with Gasteiger partial charge in [0.2, 0.25) is 0 Å². The maximum Gasteiger partial charge on any atom is 0.191 e. The molecular formula is C13H28IN3OS. The Balaban J connectivity index is 0.00000324. The topological polar surface area (TPSA) is 45.6 Å². The van der Waals surface area contributed by atoms with Crippen molar-refractivity contribution in [2.75, 3.05) is 45.4 Å². The largest absolute Gasteiger partial charge is 0.382 e. The summed E-state index contributed by atoms with van der Waals surface area (Å²) < 4.78 is 5.45. The molecule has 0 aromatic rings. The number of hydrogen-bond donors (Lipinski definition) is 2. The normalized spacial score (nSPS) is 16.7. The maximum atomic E-state index is 5.45. The van der Waals surface area contributed by atoms with Crippen molar-refractivity contribution in [2.45, 2.75) is 26.2 Å². The first-order chi connectivity index (χ1) is 8.76. The van der Waals surface area contributed by atoms with Crippen LogP contribution in [-0.4, -0.2) is 51.3 Å². The van der Waals surface area contributed by atoms with Gasteiger partial charge in [-0.25, -0.2) is 0 Å². The fourth-order valence-corrected chi connectivity index (χ4v) is 2.19. The molecule has 19 heavy (non-hydrogen) atoms. The molecule has 0 radical (unpaired) electrons. The third-order valence-corrected chi connectivity index (χ3v) is 4.00. The Morgan fingerprint density at radius 1 is 1.37 bits per heavy atom. The standard InChI is InChI=1S/C13H27N3OS.HI/c1-4-17-9-7-13(5-6-13)11-16-12(14-2)15-8-10-18-3;/h4-11H2,1-3H3,(H2,14,15,16);1H. The quantitative estimate of drug-likeness (QED) is 0.270. The summed E-state index contributed by atoms with van der Waals surface area (Å²) >= 11 is 1.84. The van der Waals surface area contributed by atoms with Crippen molar-refractivity contribution in [2.24, 2.45) is 10.4 Å². The van der Waals surface area contributed by atoms with Crippen LogP contribution in [0.4, 0.5) is 0 Å². The number of nitrogens with zero attached hydrogens (tertiary/aromatic N) is 1. The summed E-state index contributed by atoms with van der Waals surface area (Å²) in [6, 6.07) is 0. The molecule has 0 amide bonds. The molecule has 0 atom stereocenters. The van der Waals surface area contributed by atoms with Gasteiger partial charge in [-0.05, 0) is 37.9 Å². The van der Waals surface area contributed by atoms with E-state index in [0.717, 1.165) is 44.4 Å². The fraction of sp³-hybridized carbons (Fsp3) is 0.923. The molecule has 1 aliphatic carbocycles. The number of rotatable bonds is 9. The molecular weight excluding hydrogens is 373 g/mol. The first kappa shape index (κ1) is 19.3. The van der Waals surface area contributed by atoms with Gasteiger partial charge in [0.25, 0.3) is 0 Å². The van der Waals surface area contributed by atoms with E-state index in [-0.39, 0.29) is 24.0 Å². The second-order valence-electron chi connectivity index (χ2n) is 4.79. The van der Waals surface area contributed by atoms with Gasteiger partial charge < -0.3 is 15.4 Å². The number of hydrogen-bond acceptors (Lipinski definition) is 3. The third-order valence-electron chi connectivity index (χ3n) is 3.39. The van der Waals surface area contributed by atoms with Gasteiger partial charge in [-0.1, -0.05) is 0 Å². The fourth-order valence-electron chi connectivity index (χ4n) is 1.89. The first-order valence-corrected chi connectivity index (χ1v) is 8.17. The van der Waals surface area contributed by atoms with Crippen LogP contribution in [0.1, 0.15) is 26.2 Å². The lowest BCUT2D eigenvalue weighted by atomic mass is 10.0. The van der Waals surface area contributed by atoms with Crippen molar-refractivity contribution >= 4 is 41.7 Å². The Morgan fingerprint density at radius 3 is 2.63 bits per heavy atom. The van der Waals surface area contributed by atoms with Crippen LogP contribution in [0.5, 0.6) is 0 Å². The molecule has 1 saturated carbocycles. The third kappa shape index (κ3) is 8.24. The van der Waals surface area contributed by atoms with E-state index in [1.807, 2.05) is 18.8 Å². The number of nitrogens with one attached hydrogen (secondary N) is 2. The minimum atomic E-state index is 0. The summed E-state index contributed by atoms with van der Waals surface area (Å²) in [6.07, 6.45) is 5.91. The molecule has 6 heteroatoms. The van der Waals surface area contributed by atoms with E-state index >= 15 is 0 Å². The predicted octanol–water partition coefficient (Wildman–Crippen LogP) is 2.34. The number of aliphatic imine (C=N–C) groups is 1. The van der Waals surface area contributed by atoms with Crippen molar-refractivity contribution in [1.82, 2.24) is 10.6 Å². The number of ether oxygens (including phenoxy) is 1. The molecule has 0 aliphatic heterocycles. The minimum absolute atomic E-state index is 0. The molecule has 0 saturated heterocycles. The van der Waals surface area contributed by atoms with E-state index in [1.165, 1.54) is 12.8 Å². The Bertz CT molecular complexity index is 260. The Hall–Kier alpha value is 0.310. The highest BCUT2D eigenvalue weighted by atomic mass is 127. The average Bonchev–Trinajstić information content (AvgIpc) is 3.14. The highest BCUT2D eigenvalue weighted by Crippen LogP contribution is 2.48. The van der Waals surface area contributed by atoms with E-state index in [1.54, 1.807) is 0 Å². The van der Waals surface area contributed by atoms with Crippen molar-refractivity contribution < 1.29 is 4.74 Å². The van der Waals surface area contributed by atoms with Crippen LogP contribution in [0.3, 0.4) is 0 Å². The SMILES string of the molecule is CCOCCC1(CNC(=NC)NCCSC)CC1.I. The van der Waals surface area contributed by atoms with Gasteiger partial charge in [0.05, 0.1) is 0 Å². The predicted molar refractivity (Wildman–Crippen MR) is 95.9 cm³/mol. The Morgan fingerprint density at radius 2 is 2.11 bits per heavy atom. The van der Waals surface area contributed by atoms with Gasteiger partial charge >= 0.3 is 0 Å². The van der Waals surface area contributed by atoms with Crippen LogP contribution in [0, 0.1) is 5.41 Å². The van der Waals surface area contributed by atoms with Gasteiger partial charge in [0.1, 0.15) is 0 Å². The minimum Gasteiger partial charge on any atom is -0.382 e. The first-order valence-electron chi connectivity index (χ1n) is 6.77. The van der Waals surface area contributed by atoms with E-state index in [0.29, 0.717) is 5.41 Å². The highest BCUT2D eigenvalue weighted by Gasteiger charge is 2.41. The zero-order valence-corrected chi connectivity index (χ0v) is 15.5. The lowest BCUT2D eigenvalue weighted by Crippen LogP contribution is -2.41. The highest BCUT2D eigenvalue weighted by molar-refractivity contribution is 14.0. The van der Waals surface area contributed by atoms with Gasteiger partial charge in [-0.2, -0.15) is 11.8 Å². The monoisotopic (exact) mass is 401 g/mol. The molecule has 0 spiro atoms. The molecule has 0 unspecified atom stereocenters. The molecule has 2 N–H and O–H groups in total. The van der Waals surface area contributed by atoms with Crippen LogP contribution < -0.4 is 10.6 Å². The maximum absolute atomic E-state index is 5.45. The van der Waals surface area contributed by atoms with Crippen molar-refractivity contribution in [1.29, 1.82) is 0 Å². The van der Waals surface area contributed by atoms with Crippen LogP contribution in [0.25, 0.3) is 0 Å². The molecule has 1 aliphatic rings. The molecule has 4 nitrogen and oxygen atoms in total. The van der Waals surface area contributed by atoms with E-state index < -0.39 is 0 Å². The smallest absolute Gasteiger partial charge is 0.191 e. The summed E-state index contributed by atoms with van der Waals surface area (Å²) in [7, 11) is 1.83. The molecule has 1 rings (SSSR count). The summed E-state index contributed by atoms with van der Waals surface area (Å²) in [5.74, 6) is 2.03. The second kappa shape index (κ2) is 11.0. The van der Waals surface area contributed by atoms with E-state index in [2.05, 4.69) is 28.8 Å². The van der Waals surface area contributed by atoms with Gasteiger partial charge in [-0.15, -0.1) is 24.0 Å². The summed E-state index contributed by atoms with van der Waals surface area (Å²) in [5.41, 5.74) is 0.465. The van der Waals surface area contributed by atoms with Gasteiger partial charge in [0.15, 0.2) is 5.96 Å². The summed E-state index contributed by atoms with van der Waals surface area (Å²) in [4.78, 5) is 4.24. The van der Waals surface area contributed by atoms with E-state index in [9.17, 15) is 0 Å². The summed E-state index contributed by atoms with van der Waals surface area (Å²) in [5, 5.41) is 6.76. The Labute approximate surface area is 138 Å². The molecule has 0 aromatic heterocycles. The molecule has 0 aromatic carbocycles. The van der Waals surface area contributed by atoms with Crippen LogP contribution in [0.15, 0.2) is 4.99 Å². The van der Waals surface area contributed by atoms with E-state index in [4.69, 9.17) is 4.74 Å². The zero-order valence-electron chi connectivity index (χ0n) is 12.3. The zero-order chi connectivity index (χ0) is 13.3. The molecule has 1 fully saturated rings. The Kier molecular flexibility index (Phi) is 11.2. The van der Waals surface area contributed by atoms with Crippen molar-refractivity contribution in [3.63, 3.8) is 0 Å². The molecule has 114 valence electrons. The van der Waals surface area contributed by atoms with Crippen molar-refractivity contribution in [3.8, 4) is 0 Å². The summed E-state index contributed by atoms with van der Waals surface area (Å²) in [6.45, 7) is 5.74.